The number of para-hydroxylation sites is 1. The van der Waals surface area contributed by atoms with Gasteiger partial charge in [-0.3, -0.25) is 5.10 Å². The summed E-state index contributed by atoms with van der Waals surface area (Å²) in [6, 6.07) is 10.0. The molecule has 2 heterocycles. The predicted octanol–water partition coefficient (Wildman–Crippen LogP) is 2.56. The minimum absolute atomic E-state index is 0.599. The lowest BCUT2D eigenvalue weighted by atomic mass is 10.1. The zero-order valence-electron chi connectivity index (χ0n) is 12.5. The number of anilines is 1. The van der Waals surface area contributed by atoms with Gasteiger partial charge in [-0.25, -0.2) is 0 Å². The van der Waals surface area contributed by atoms with E-state index in [1.807, 2.05) is 24.3 Å². The van der Waals surface area contributed by atoms with Crippen LogP contribution in [0.4, 0.5) is 5.82 Å². The van der Waals surface area contributed by atoms with Crippen molar-refractivity contribution in [1.29, 1.82) is 0 Å². The summed E-state index contributed by atoms with van der Waals surface area (Å²) in [7, 11) is 3.75. The molecule has 1 fully saturated rings. The van der Waals surface area contributed by atoms with E-state index in [2.05, 4.69) is 28.2 Å². The van der Waals surface area contributed by atoms with Crippen LogP contribution >= 0.6 is 0 Å². The lowest BCUT2D eigenvalue weighted by Crippen LogP contribution is -2.25. The molecule has 5 heteroatoms. The minimum Gasteiger partial charge on any atom is -0.496 e. The Morgan fingerprint density at radius 3 is 3.05 bits per heavy atom. The first-order chi connectivity index (χ1) is 10.3. The Bertz CT molecular complexity index is 591. The van der Waals surface area contributed by atoms with Crippen molar-refractivity contribution in [3.05, 3.63) is 30.3 Å². The summed E-state index contributed by atoms with van der Waals surface area (Å²) in [6.45, 7) is 2.70. The van der Waals surface area contributed by atoms with Crippen molar-refractivity contribution < 1.29 is 9.47 Å². The average molecular weight is 287 g/mol. The zero-order chi connectivity index (χ0) is 14.7. The van der Waals surface area contributed by atoms with Gasteiger partial charge in [-0.1, -0.05) is 12.1 Å². The van der Waals surface area contributed by atoms with Gasteiger partial charge >= 0.3 is 0 Å². The second kappa shape index (κ2) is 6.18. The molecule has 0 aliphatic carbocycles. The Morgan fingerprint density at radius 1 is 1.43 bits per heavy atom. The normalized spacial score (nSPS) is 17.9. The molecule has 1 saturated heterocycles. The topological polar surface area (TPSA) is 50.4 Å². The average Bonchev–Trinajstić information content (AvgIpc) is 3.18. The monoisotopic (exact) mass is 287 g/mol. The van der Waals surface area contributed by atoms with Crippen molar-refractivity contribution in [2.24, 2.45) is 5.92 Å². The third-order valence-corrected chi connectivity index (χ3v) is 3.91. The number of nitrogens with zero attached hydrogens (tertiary/aromatic N) is 2. The smallest absolute Gasteiger partial charge is 0.150 e. The van der Waals surface area contributed by atoms with Gasteiger partial charge < -0.3 is 14.4 Å². The molecule has 1 aromatic heterocycles. The molecule has 21 heavy (non-hydrogen) atoms. The standard InChI is InChI=1S/C16H21N3O2/c1-19(10-12-7-8-21-11-12)16-9-14(17-18-16)13-5-3-4-6-15(13)20-2/h3-6,9,12H,7-8,10-11H2,1-2H3,(H,17,18). The molecule has 1 N–H and O–H groups in total. The highest BCUT2D eigenvalue weighted by Gasteiger charge is 2.19. The number of nitrogens with one attached hydrogen (secondary N) is 1. The molecule has 1 aromatic carbocycles. The Labute approximate surface area is 124 Å². The van der Waals surface area contributed by atoms with Crippen molar-refractivity contribution in [3.8, 4) is 17.0 Å². The number of rotatable bonds is 5. The van der Waals surface area contributed by atoms with Crippen LogP contribution in [0.15, 0.2) is 30.3 Å². The van der Waals surface area contributed by atoms with Crippen LogP contribution in [0.2, 0.25) is 0 Å². The van der Waals surface area contributed by atoms with Crippen molar-refractivity contribution in [1.82, 2.24) is 10.2 Å². The minimum atomic E-state index is 0.599. The van der Waals surface area contributed by atoms with Crippen LogP contribution in [0.25, 0.3) is 11.3 Å². The molecule has 0 spiro atoms. The summed E-state index contributed by atoms with van der Waals surface area (Å²) in [5, 5.41) is 7.51. The largest absolute Gasteiger partial charge is 0.496 e. The molecule has 1 aliphatic heterocycles. The summed E-state index contributed by atoms with van der Waals surface area (Å²) in [5.41, 5.74) is 1.99. The highest BCUT2D eigenvalue weighted by atomic mass is 16.5. The maximum absolute atomic E-state index is 5.43. The fourth-order valence-corrected chi connectivity index (χ4v) is 2.72. The fourth-order valence-electron chi connectivity index (χ4n) is 2.72. The van der Waals surface area contributed by atoms with Crippen LogP contribution in [0, 0.1) is 5.92 Å². The van der Waals surface area contributed by atoms with Crippen LogP contribution in [-0.2, 0) is 4.74 Å². The maximum Gasteiger partial charge on any atom is 0.150 e. The third-order valence-electron chi connectivity index (χ3n) is 3.91. The zero-order valence-corrected chi connectivity index (χ0v) is 12.5. The summed E-state index contributed by atoms with van der Waals surface area (Å²) in [4.78, 5) is 2.18. The van der Waals surface area contributed by atoms with E-state index < -0.39 is 0 Å². The van der Waals surface area contributed by atoms with Gasteiger partial charge in [-0.2, -0.15) is 5.10 Å². The number of hydrogen-bond acceptors (Lipinski definition) is 4. The number of methoxy groups -OCH3 is 1. The second-order valence-electron chi connectivity index (χ2n) is 5.45. The lowest BCUT2D eigenvalue weighted by Gasteiger charge is -2.19. The third kappa shape index (κ3) is 3.03. The van der Waals surface area contributed by atoms with E-state index in [1.165, 1.54) is 0 Å². The van der Waals surface area contributed by atoms with Gasteiger partial charge in [0.05, 0.1) is 19.4 Å². The van der Waals surface area contributed by atoms with Crippen LogP contribution < -0.4 is 9.64 Å². The van der Waals surface area contributed by atoms with E-state index in [4.69, 9.17) is 9.47 Å². The molecule has 1 unspecified atom stereocenters. The number of ether oxygens (including phenoxy) is 2. The van der Waals surface area contributed by atoms with Gasteiger partial charge in [0.25, 0.3) is 0 Å². The van der Waals surface area contributed by atoms with Crippen LogP contribution in [0.1, 0.15) is 6.42 Å². The molecule has 0 bridgehead atoms. The molecular weight excluding hydrogens is 266 g/mol. The predicted molar refractivity (Wildman–Crippen MR) is 82.8 cm³/mol. The van der Waals surface area contributed by atoms with Crippen molar-refractivity contribution in [2.45, 2.75) is 6.42 Å². The molecule has 0 amide bonds. The molecule has 3 rings (SSSR count). The van der Waals surface area contributed by atoms with E-state index >= 15 is 0 Å². The van der Waals surface area contributed by atoms with E-state index in [0.717, 1.165) is 49.0 Å². The summed E-state index contributed by atoms with van der Waals surface area (Å²) in [5.74, 6) is 2.39. The Balaban J connectivity index is 1.76. The first-order valence-electron chi connectivity index (χ1n) is 7.25. The van der Waals surface area contributed by atoms with E-state index in [0.29, 0.717) is 5.92 Å². The first kappa shape index (κ1) is 13.9. The Morgan fingerprint density at radius 2 is 2.29 bits per heavy atom. The SMILES string of the molecule is COc1ccccc1-c1cc(N(C)CC2CCOC2)n[nH]1. The molecule has 0 radical (unpaired) electrons. The van der Waals surface area contributed by atoms with Gasteiger partial charge in [-0.15, -0.1) is 0 Å². The van der Waals surface area contributed by atoms with Gasteiger partial charge in [-0.05, 0) is 18.6 Å². The van der Waals surface area contributed by atoms with Gasteiger partial charge in [0.1, 0.15) is 5.75 Å². The second-order valence-corrected chi connectivity index (χ2v) is 5.45. The number of H-pyrrole nitrogens is 1. The molecular formula is C16H21N3O2. The molecule has 1 atom stereocenters. The van der Waals surface area contributed by atoms with Crippen molar-refractivity contribution in [3.63, 3.8) is 0 Å². The van der Waals surface area contributed by atoms with Gasteiger partial charge in [0, 0.05) is 37.7 Å². The molecule has 0 saturated carbocycles. The van der Waals surface area contributed by atoms with E-state index in [1.54, 1.807) is 7.11 Å². The first-order valence-corrected chi connectivity index (χ1v) is 7.25. The van der Waals surface area contributed by atoms with Crippen LogP contribution in [-0.4, -0.2) is 44.1 Å². The van der Waals surface area contributed by atoms with Crippen molar-refractivity contribution >= 4 is 5.82 Å². The summed E-state index contributed by atoms with van der Waals surface area (Å²) < 4.78 is 10.8. The van der Waals surface area contributed by atoms with E-state index in [-0.39, 0.29) is 0 Å². The Hall–Kier alpha value is -2.01. The van der Waals surface area contributed by atoms with Gasteiger partial charge in [0.2, 0.25) is 0 Å². The van der Waals surface area contributed by atoms with Gasteiger partial charge in [0.15, 0.2) is 5.82 Å². The van der Waals surface area contributed by atoms with Crippen molar-refractivity contribution in [2.75, 3.05) is 38.8 Å². The maximum atomic E-state index is 5.43. The number of benzene rings is 1. The highest BCUT2D eigenvalue weighted by Crippen LogP contribution is 2.30. The number of aromatic amines is 1. The molecule has 1 aliphatic rings. The molecule has 5 nitrogen and oxygen atoms in total. The fraction of sp³-hybridized carbons (Fsp3) is 0.438. The van der Waals surface area contributed by atoms with Crippen LogP contribution in [0.5, 0.6) is 5.75 Å². The molecule has 2 aromatic rings. The number of hydrogen-bond donors (Lipinski definition) is 1. The quantitative estimate of drug-likeness (QED) is 0.918. The van der Waals surface area contributed by atoms with E-state index in [9.17, 15) is 0 Å². The summed E-state index contributed by atoms with van der Waals surface area (Å²) in [6.07, 6.45) is 1.13. The molecule has 112 valence electrons. The number of aromatic nitrogens is 2. The summed E-state index contributed by atoms with van der Waals surface area (Å²) >= 11 is 0. The highest BCUT2D eigenvalue weighted by molar-refractivity contribution is 5.69. The van der Waals surface area contributed by atoms with Crippen LogP contribution in [0.3, 0.4) is 0 Å². The lowest BCUT2D eigenvalue weighted by molar-refractivity contribution is 0.186. The Kier molecular flexibility index (Phi) is 4.10.